The summed E-state index contributed by atoms with van der Waals surface area (Å²) in [6, 6.07) is 6.81. The number of nitrogens with two attached hydrogens (primary N) is 1. The van der Waals surface area contributed by atoms with Crippen molar-refractivity contribution in [3.8, 4) is 29.5 Å². The third kappa shape index (κ3) is 2.37. The van der Waals surface area contributed by atoms with Crippen LogP contribution in [-0.4, -0.2) is 28.2 Å². The van der Waals surface area contributed by atoms with Crippen molar-refractivity contribution in [3.63, 3.8) is 0 Å². The third-order valence-corrected chi connectivity index (χ3v) is 2.61. The number of terminal acetylenes is 1. The summed E-state index contributed by atoms with van der Waals surface area (Å²) >= 11 is 0. The van der Waals surface area contributed by atoms with Gasteiger partial charge in [-0.05, 0) is 24.3 Å². The second-order valence-corrected chi connectivity index (χ2v) is 3.84. The normalized spacial score (nSPS) is 9.80. The van der Waals surface area contributed by atoms with Crippen LogP contribution in [0, 0.1) is 12.3 Å². The van der Waals surface area contributed by atoms with E-state index in [1.807, 2.05) is 0 Å². The molecule has 0 saturated heterocycles. The average Bonchev–Trinajstić information content (AvgIpc) is 2.46. The molecule has 100 valence electrons. The maximum atomic E-state index is 11.2. The fourth-order valence-electron chi connectivity index (χ4n) is 1.66. The molecule has 1 aromatic carbocycles. The minimum absolute atomic E-state index is 0.0315. The molecular formula is C14H11N3O3. The number of hydrogen-bond donors (Lipinski definition) is 2. The Labute approximate surface area is 115 Å². The lowest BCUT2D eigenvalue weighted by Gasteiger charge is -2.09. The Morgan fingerprint density at radius 3 is 2.50 bits per heavy atom. The Kier molecular flexibility index (Phi) is 3.53. The summed E-state index contributed by atoms with van der Waals surface area (Å²) in [6.45, 7) is 0. The van der Waals surface area contributed by atoms with Gasteiger partial charge in [0.2, 0.25) is 0 Å². The van der Waals surface area contributed by atoms with Crippen LogP contribution in [0.5, 0.6) is 5.75 Å². The first-order valence-corrected chi connectivity index (χ1v) is 5.58. The minimum atomic E-state index is -1.24. The molecular weight excluding hydrogens is 258 g/mol. The van der Waals surface area contributed by atoms with Crippen LogP contribution >= 0.6 is 0 Å². The van der Waals surface area contributed by atoms with E-state index in [2.05, 4.69) is 15.9 Å². The van der Waals surface area contributed by atoms with Crippen LogP contribution < -0.4 is 10.5 Å². The topological polar surface area (TPSA) is 98.3 Å². The second-order valence-electron chi connectivity index (χ2n) is 3.84. The number of carboxylic acids is 1. The Bertz CT molecular complexity index is 703. The number of hydrogen-bond acceptors (Lipinski definition) is 5. The molecule has 0 spiro atoms. The van der Waals surface area contributed by atoms with Crippen molar-refractivity contribution in [2.75, 3.05) is 12.8 Å². The molecule has 0 atom stereocenters. The van der Waals surface area contributed by atoms with Gasteiger partial charge < -0.3 is 15.6 Å². The van der Waals surface area contributed by atoms with E-state index >= 15 is 0 Å². The molecule has 20 heavy (non-hydrogen) atoms. The van der Waals surface area contributed by atoms with E-state index in [9.17, 15) is 4.79 Å². The van der Waals surface area contributed by atoms with Gasteiger partial charge in [0.1, 0.15) is 0 Å². The van der Waals surface area contributed by atoms with E-state index < -0.39 is 5.97 Å². The van der Waals surface area contributed by atoms with E-state index in [0.29, 0.717) is 11.1 Å². The number of carboxylic acid groups (broad SMARTS) is 1. The summed E-state index contributed by atoms with van der Waals surface area (Å²) in [6.07, 6.45) is 5.27. The summed E-state index contributed by atoms with van der Waals surface area (Å²) < 4.78 is 4.91. The third-order valence-electron chi connectivity index (χ3n) is 2.61. The zero-order valence-corrected chi connectivity index (χ0v) is 10.6. The van der Waals surface area contributed by atoms with Crippen LogP contribution in [0.15, 0.2) is 24.3 Å². The van der Waals surface area contributed by atoms with Gasteiger partial charge in [0, 0.05) is 11.1 Å². The van der Waals surface area contributed by atoms with Crippen molar-refractivity contribution in [3.05, 3.63) is 35.5 Å². The van der Waals surface area contributed by atoms with Gasteiger partial charge in [-0.1, -0.05) is 5.92 Å². The highest BCUT2D eigenvalue weighted by atomic mass is 16.5. The van der Waals surface area contributed by atoms with Gasteiger partial charge in [0.05, 0.1) is 7.11 Å². The van der Waals surface area contributed by atoms with Gasteiger partial charge in [0.25, 0.3) is 0 Å². The number of benzene rings is 1. The number of anilines is 1. The lowest BCUT2D eigenvalue weighted by molar-refractivity contribution is 0.0686. The van der Waals surface area contributed by atoms with Crippen LogP contribution in [0.3, 0.4) is 0 Å². The number of aromatic carboxylic acids is 1. The smallest absolute Gasteiger partial charge is 0.358 e. The molecule has 0 aliphatic heterocycles. The van der Waals surface area contributed by atoms with E-state index in [0.717, 1.165) is 0 Å². The van der Waals surface area contributed by atoms with E-state index in [1.54, 1.807) is 24.3 Å². The number of aromatic nitrogens is 2. The predicted octanol–water partition coefficient (Wildman–Crippen LogP) is 1.41. The molecule has 0 aliphatic rings. The zero-order valence-electron chi connectivity index (χ0n) is 10.6. The summed E-state index contributed by atoms with van der Waals surface area (Å²) in [5, 5.41) is 9.12. The second kappa shape index (κ2) is 5.28. The van der Waals surface area contributed by atoms with Crippen molar-refractivity contribution < 1.29 is 14.6 Å². The van der Waals surface area contributed by atoms with Gasteiger partial charge >= 0.3 is 5.97 Å². The number of nitrogen functional groups attached to an aromatic ring is 1. The summed E-state index contributed by atoms with van der Waals surface area (Å²) in [5.74, 6) is 1.36. The molecule has 1 aromatic heterocycles. The maximum Gasteiger partial charge on any atom is 0.358 e. The van der Waals surface area contributed by atoms with Crippen molar-refractivity contribution in [1.82, 2.24) is 9.97 Å². The minimum Gasteiger partial charge on any atom is -0.491 e. The van der Waals surface area contributed by atoms with Crippen molar-refractivity contribution in [1.29, 1.82) is 0 Å². The Morgan fingerprint density at radius 2 is 2.00 bits per heavy atom. The Balaban J connectivity index is 2.57. The van der Waals surface area contributed by atoms with Crippen LogP contribution in [0.2, 0.25) is 0 Å². The summed E-state index contributed by atoms with van der Waals surface area (Å²) in [4.78, 5) is 19.2. The van der Waals surface area contributed by atoms with Gasteiger partial charge in [-0.2, -0.15) is 0 Å². The number of nitrogens with zero attached hydrogens (tertiary/aromatic N) is 2. The molecule has 6 heteroatoms. The quantitative estimate of drug-likeness (QED) is 0.817. The highest BCUT2D eigenvalue weighted by Gasteiger charge is 2.19. The highest BCUT2D eigenvalue weighted by molar-refractivity contribution is 5.91. The van der Waals surface area contributed by atoms with Crippen LogP contribution in [0.4, 0.5) is 5.82 Å². The van der Waals surface area contributed by atoms with Crippen LogP contribution in [0.25, 0.3) is 11.4 Å². The van der Waals surface area contributed by atoms with Gasteiger partial charge in [0.15, 0.2) is 23.1 Å². The van der Waals surface area contributed by atoms with Crippen molar-refractivity contribution in [2.45, 2.75) is 0 Å². The maximum absolute atomic E-state index is 11.2. The molecule has 0 radical (unpaired) electrons. The van der Waals surface area contributed by atoms with Crippen LogP contribution in [0.1, 0.15) is 16.1 Å². The fourth-order valence-corrected chi connectivity index (χ4v) is 1.66. The molecule has 0 saturated carbocycles. The van der Waals surface area contributed by atoms with Crippen LogP contribution in [-0.2, 0) is 0 Å². The van der Waals surface area contributed by atoms with Gasteiger partial charge in [-0.15, -0.1) is 6.42 Å². The number of carbonyl (C=O) groups is 1. The fraction of sp³-hybridized carbons (Fsp3) is 0.0714. The van der Waals surface area contributed by atoms with Gasteiger partial charge in [-0.3, -0.25) is 0 Å². The molecule has 0 unspecified atom stereocenters. The first kappa shape index (κ1) is 13.4. The SMILES string of the molecule is C#Cc1ccc(-c2nc(N)c(OC)c(C(=O)O)n2)cc1. The van der Waals surface area contributed by atoms with Crippen molar-refractivity contribution >= 4 is 11.8 Å². The first-order valence-electron chi connectivity index (χ1n) is 5.58. The molecule has 0 amide bonds. The highest BCUT2D eigenvalue weighted by Crippen LogP contribution is 2.26. The molecule has 6 nitrogen and oxygen atoms in total. The lowest BCUT2D eigenvalue weighted by atomic mass is 10.1. The van der Waals surface area contributed by atoms with E-state index in [-0.39, 0.29) is 23.1 Å². The summed E-state index contributed by atoms with van der Waals surface area (Å²) in [7, 11) is 1.31. The molecule has 0 bridgehead atoms. The molecule has 3 N–H and O–H groups in total. The largest absolute Gasteiger partial charge is 0.491 e. The monoisotopic (exact) mass is 269 g/mol. The molecule has 0 fully saturated rings. The first-order chi connectivity index (χ1) is 9.56. The van der Waals surface area contributed by atoms with E-state index in [1.165, 1.54) is 7.11 Å². The predicted molar refractivity (Wildman–Crippen MR) is 73.3 cm³/mol. The van der Waals surface area contributed by atoms with Gasteiger partial charge in [-0.25, -0.2) is 14.8 Å². The van der Waals surface area contributed by atoms with Crippen molar-refractivity contribution in [2.24, 2.45) is 0 Å². The lowest BCUT2D eigenvalue weighted by Crippen LogP contribution is -2.09. The Morgan fingerprint density at radius 1 is 1.35 bits per heavy atom. The number of methoxy groups -OCH3 is 1. The molecule has 0 aliphatic carbocycles. The van der Waals surface area contributed by atoms with E-state index in [4.69, 9.17) is 22.0 Å². The summed E-state index contributed by atoms with van der Waals surface area (Å²) in [5.41, 5.74) is 6.73. The standard InChI is InChI=1S/C14H11N3O3/c1-3-8-4-6-9(7-5-8)13-16-10(14(18)19)11(20-2)12(15)17-13/h1,4-7H,2H3,(H,18,19)(H2,15,16,17). The average molecular weight is 269 g/mol. The number of ether oxygens (including phenoxy) is 1. The Hall–Kier alpha value is -3.07. The molecule has 2 rings (SSSR count). The molecule has 1 heterocycles. The number of rotatable bonds is 3. The molecule has 2 aromatic rings. The zero-order chi connectivity index (χ0) is 14.7.